The molecule has 0 saturated carbocycles. The van der Waals surface area contributed by atoms with E-state index < -0.39 is 4.92 Å². The third kappa shape index (κ3) is 4.50. The molecule has 1 rings (SSSR count). The van der Waals surface area contributed by atoms with Gasteiger partial charge in [0, 0.05) is 18.7 Å². The van der Waals surface area contributed by atoms with E-state index in [9.17, 15) is 14.9 Å². The van der Waals surface area contributed by atoms with Crippen LogP contribution in [-0.4, -0.2) is 43.0 Å². The lowest BCUT2D eigenvalue weighted by Crippen LogP contribution is -2.28. The second kappa shape index (κ2) is 6.70. The Morgan fingerprint density at radius 3 is 2.50 bits per heavy atom. The molecule has 0 N–H and O–H groups in total. The first-order chi connectivity index (χ1) is 8.52. The molecule has 0 aliphatic heterocycles. The summed E-state index contributed by atoms with van der Waals surface area (Å²) in [6.07, 6.45) is 0.728. The van der Waals surface area contributed by atoms with Crippen molar-refractivity contribution < 1.29 is 14.5 Å². The number of nitro benzene ring substituents is 1. The van der Waals surface area contributed by atoms with Crippen molar-refractivity contribution in [2.24, 2.45) is 0 Å². The van der Waals surface area contributed by atoms with Crippen LogP contribution < -0.4 is 0 Å². The molecule has 18 heavy (non-hydrogen) atoms. The normalized spacial score (nSPS) is 10.4. The van der Waals surface area contributed by atoms with Crippen molar-refractivity contribution in [1.29, 1.82) is 0 Å². The van der Waals surface area contributed by atoms with Gasteiger partial charge in [-0.3, -0.25) is 19.8 Å². The van der Waals surface area contributed by atoms with E-state index in [-0.39, 0.29) is 18.2 Å². The third-order valence-electron chi connectivity index (χ3n) is 2.56. The summed E-state index contributed by atoms with van der Waals surface area (Å²) in [5, 5.41) is 10.5. The summed E-state index contributed by atoms with van der Waals surface area (Å²) in [7, 11) is 3.18. The van der Waals surface area contributed by atoms with Crippen LogP contribution >= 0.6 is 0 Å². The van der Waals surface area contributed by atoms with Gasteiger partial charge in [0.1, 0.15) is 0 Å². The highest BCUT2D eigenvalue weighted by Gasteiger charge is 2.07. The van der Waals surface area contributed by atoms with Gasteiger partial charge in [-0.2, -0.15) is 0 Å². The van der Waals surface area contributed by atoms with Crippen LogP contribution in [0.15, 0.2) is 24.3 Å². The second-order valence-electron chi connectivity index (χ2n) is 3.99. The molecule has 98 valence electrons. The number of likely N-dealkylation sites (N-methyl/N-ethyl adjacent to an activating group) is 1. The number of ether oxygens (including phenoxy) is 1. The summed E-state index contributed by atoms with van der Waals surface area (Å²) < 4.78 is 4.56. The van der Waals surface area contributed by atoms with E-state index in [1.54, 1.807) is 12.1 Å². The Balaban J connectivity index is 2.43. The van der Waals surface area contributed by atoms with E-state index in [0.717, 1.165) is 12.0 Å². The van der Waals surface area contributed by atoms with Gasteiger partial charge in [0.25, 0.3) is 5.69 Å². The molecule has 0 fully saturated rings. The van der Waals surface area contributed by atoms with E-state index in [1.807, 2.05) is 11.9 Å². The van der Waals surface area contributed by atoms with Gasteiger partial charge in [-0.25, -0.2) is 0 Å². The minimum atomic E-state index is -0.423. The molecule has 0 atom stereocenters. The number of hydrogen-bond acceptors (Lipinski definition) is 5. The van der Waals surface area contributed by atoms with Crippen LogP contribution in [0.4, 0.5) is 5.69 Å². The van der Waals surface area contributed by atoms with Gasteiger partial charge in [0.15, 0.2) is 0 Å². The monoisotopic (exact) mass is 252 g/mol. The number of hydrogen-bond donors (Lipinski definition) is 0. The molecule has 0 aliphatic carbocycles. The highest BCUT2D eigenvalue weighted by atomic mass is 16.6. The maximum Gasteiger partial charge on any atom is 0.319 e. The maximum absolute atomic E-state index is 11.0. The van der Waals surface area contributed by atoms with Crippen molar-refractivity contribution in [1.82, 2.24) is 4.90 Å². The molecule has 0 aromatic heterocycles. The van der Waals surface area contributed by atoms with Crippen molar-refractivity contribution in [2.75, 3.05) is 27.2 Å². The van der Waals surface area contributed by atoms with Gasteiger partial charge in [0.05, 0.1) is 18.6 Å². The minimum absolute atomic E-state index is 0.0849. The molecule has 1 aromatic carbocycles. The molecule has 1 aromatic rings. The number of non-ortho nitro benzene ring substituents is 1. The Hall–Kier alpha value is -1.95. The van der Waals surface area contributed by atoms with Crippen molar-refractivity contribution in [3.63, 3.8) is 0 Å². The standard InChI is InChI=1S/C12H16N2O4/c1-13(9-12(15)18-2)8-7-10-3-5-11(6-4-10)14(16)17/h3-6H,7-9H2,1-2H3. The fourth-order valence-electron chi connectivity index (χ4n) is 1.47. The van der Waals surface area contributed by atoms with Crippen LogP contribution in [0.3, 0.4) is 0 Å². The zero-order valence-electron chi connectivity index (χ0n) is 10.5. The Bertz CT molecular complexity index is 417. The van der Waals surface area contributed by atoms with Crippen molar-refractivity contribution >= 4 is 11.7 Å². The maximum atomic E-state index is 11.0. The molecule has 0 unspecified atom stereocenters. The summed E-state index contributed by atoms with van der Waals surface area (Å²) in [6.45, 7) is 0.927. The van der Waals surface area contributed by atoms with Gasteiger partial charge >= 0.3 is 5.97 Å². The lowest BCUT2D eigenvalue weighted by atomic mass is 10.1. The first-order valence-electron chi connectivity index (χ1n) is 5.51. The molecule has 0 amide bonds. The Morgan fingerprint density at radius 2 is 2.00 bits per heavy atom. The van der Waals surface area contributed by atoms with Crippen molar-refractivity contribution in [2.45, 2.75) is 6.42 Å². The molecule has 0 spiro atoms. The molecule has 6 nitrogen and oxygen atoms in total. The van der Waals surface area contributed by atoms with E-state index >= 15 is 0 Å². The van der Waals surface area contributed by atoms with Gasteiger partial charge < -0.3 is 4.74 Å². The number of methoxy groups -OCH3 is 1. The topological polar surface area (TPSA) is 72.7 Å². The second-order valence-corrected chi connectivity index (χ2v) is 3.99. The van der Waals surface area contributed by atoms with Gasteiger partial charge in [-0.15, -0.1) is 0 Å². The molecule has 0 radical (unpaired) electrons. The van der Waals surface area contributed by atoms with E-state index in [2.05, 4.69) is 4.74 Å². The Kier molecular flexibility index (Phi) is 5.26. The largest absolute Gasteiger partial charge is 0.468 e. The van der Waals surface area contributed by atoms with Crippen LogP contribution in [0, 0.1) is 10.1 Å². The van der Waals surface area contributed by atoms with Crippen LogP contribution in [0.2, 0.25) is 0 Å². The number of carbonyl (C=O) groups is 1. The number of benzene rings is 1. The number of nitrogens with zero attached hydrogens (tertiary/aromatic N) is 2. The number of esters is 1. The molecular weight excluding hydrogens is 236 g/mol. The minimum Gasteiger partial charge on any atom is -0.468 e. The van der Waals surface area contributed by atoms with E-state index in [4.69, 9.17) is 0 Å². The van der Waals surface area contributed by atoms with E-state index in [1.165, 1.54) is 19.2 Å². The molecular formula is C12H16N2O4. The molecule has 0 aliphatic rings. The quantitative estimate of drug-likeness (QED) is 0.432. The van der Waals surface area contributed by atoms with Crippen LogP contribution in [0.1, 0.15) is 5.56 Å². The Morgan fingerprint density at radius 1 is 1.39 bits per heavy atom. The molecule has 6 heteroatoms. The van der Waals surface area contributed by atoms with Crippen LogP contribution in [-0.2, 0) is 16.0 Å². The van der Waals surface area contributed by atoms with Crippen LogP contribution in [0.5, 0.6) is 0 Å². The van der Waals surface area contributed by atoms with Crippen molar-refractivity contribution in [3.05, 3.63) is 39.9 Å². The molecule has 0 saturated heterocycles. The predicted molar refractivity (Wildman–Crippen MR) is 66.3 cm³/mol. The van der Waals surface area contributed by atoms with Gasteiger partial charge in [0.2, 0.25) is 0 Å². The van der Waals surface area contributed by atoms with Gasteiger partial charge in [-0.05, 0) is 19.0 Å². The average molecular weight is 252 g/mol. The zero-order valence-corrected chi connectivity index (χ0v) is 10.5. The Labute approximate surface area is 105 Å². The summed E-state index contributed by atoms with van der Waals surface area (Å²) in [5.41, 5.74) is 1.08. The highest BCUT2D eigenvalue weighted by Crippen LogP contribution is 2.12. The smallest absolute Gasteiger partial charge is 0.319 e. The highest BCUT2D eigenvalue weighted by molar-refractivity contribution is 5.71. The van der Waals surface area contributed by atoms with E-state index in [0.29, 0.717) is 6.54 Å². The average Bonchev–Trinajstić information content (AvgIpc) is 2.36. The lowest BCUT2D eigenvalue weighted by molar-refractivity contribution is -0.384. The fourth-order valence-corrected chi connectivity index (χ4v) is 1.47. The van der Waals surface area contributed by atoms with Crippen LogP contribution in [0.25, 0.3) is 0 Å². The SMILES string of the molecule is COC(=O)CN(C)CCc1ccc([N+](=O)[O-])cc1. The summed E-state index contributed by atoms with van der Waals surface area (Å²) in [4.78, 5) is 22.9. The van der Waals surface area contributed by atoms with Crippen molar-refractivity contribution in [3.8, 4) is 0 Å². The molecule has 0 bridgehead atoms. The summed E-state index contributed by atoms with van der Waals surface area (Å²) >= 11 is 0. The third-order valence-corrected chi connectivity index (χ3v) is 2.56. The molecule has 0 heterocycles. The fraction of sp³-hybridized carbons (Fsp3) is 0.417. The first-order valence-corrected chi connectivity index (χ1v) is 5.51. The summed E-state index contributed by atoms with van der Waals surface area (Å²) in [6, 6.07) is 6.42. The number of rotatable bonds is 6. The van der Waals surface area contributed by atoms with Gasteiger partial charge in [-0.1, -0.05) is 12.1 Å². The zero-order chi connectivity index (χ0) is 13.5. The predicted octanol–water partition coefficient (Wildman–Crippen LogP) is 1.24. The number of carbonyl (C=O) groups excluding carboxylic acids is 1. The summed E-state index contributed by atoms with van der Waals surface area (Å²) in [5.74, 6) is -0.277. The first kappa shape index (κ1) is 14.1. The number of nitro groups is 1. The lowest BCUT2D eigenvalue weighted by Gasteiger charge is -2.14.